The highest BCUT2D eigenvalue weighted by Crippen LogP contribution is 2.66. The van der Waals surface area contributed by atoms with Crippen molar-refractivity contribution in [1.82, 2.24) is 0 Å². The van der Waals surface area contributed by atoms with E-state index in [1.807, 2.05) is 0 Å². The molecule has 0 unspecified atom stereocenters. The molecule has 0 amide bonds. The van der Waals surface area contributed by atoms with E-state index in [0.717, 1.165) is 43.4 Å². The van der Waals surface area contributed by atoms with Gasteiger partial charge >= 0.3 is 5.97 Å². The maximum absolute atomic E-state index is 11.5. The quantitative estimate of drug-likeness (QED) is 0.447. The number of aliphatic hydroxyl groups is 2. The molecule has 196 valence electrons. The van der Waals surface area contributed by atoms with Gasteiger partial charge in [-0.15, -0.1) is 6.58 Å². The second kappa shape index (κ2) is 9.27. The number of esters is 1. The Morgan fingerprint density at radius 2 is 1.91 bits per heavy atom. The molecule has 0 radical (unpaired) electrons. The van der Waals surface area contributed by atoms with Crippen LogP contribution in [0.15, 0.2) is 24.3 Å². The summed E-state index contributed by atoms with van der Waals surface area (Å²) < 4.78 is 17.3. The lowest BCUT2D eigenvalue weighted by molar-refractivity contribution is -0.307. The fourth-order valence-corrected chi connectivity index (χ4v) is 8.80. The van der Waals surface area contributed by atoms with Gasteiger partial charge in [0.05, 0.1) is 12.2 Å². The Bertz CT molecular complexity index is 869. The van der Waals surface area contributed by atoms with Crippen LogP contribution in [0.1, 0.15) is 79.1 Å². The summed E-state index contributed by atoms with van der Waals surface area (Å²) >= 11 is 0. The van der Waals surface area contributed by atoms with Crippen LogP contribution in [0.3, 0.4) is 0 Å². The minimum absolute atomic E-state index is 0.0589. The van der Waals surface area contributed by atoms with Gasteiger partial charge in [-0.1, -0.05) is 31.6 Å². The molecule has 5 rings (SSSR count). The van der Waals surface area contributed by atoms with E-state index in [1.165, 1.54) is 38.2 Å². The van der Waals surface area contributed by atoms with E-state index in [9.17, 15) is 15.0 Å². The topological polar surface area (TPSA) is 85.2 Å². The first-order valence-corrected chi connectivity index (χ1v) is 13.7. The number of ether oxygens (including phenoxy) is 3. The van der Waals surface area contributed by atoms with Gasteiger partial charge in [-0.3, -0.25) is 4.79 Å². The molecule has 12 atom stereocenters. The summed E-state index contributed by atoms with van der Waals surface area (Å²) in [6.07, 6.45) is 9.02. The zero-order valence-electron chi connectivity index (χ0n) is 21.8. The summed E-state index contributed by atoms with van der Waals surface area (Å²) in [5.74, 6) is 2.41. The number of carbonyl (C=O) groups is 1. The largest absolute Gasteiger partial charge is 0.457 e. The van der Waals surface area contributed by atoms with E-state index >= 15 is 0 Å². The fourth-order valence-electron chi connectivity index (χ4n) is 8.80. The second-order valence-corrected chi connectivity index (χ2v) is 12.5. The Morgan fingerprint density at radius 1 is 1.14 bits per heavy atom. The van der Waals surface area contributed by atoms with Crippen molar-refractivity contribution in [3.05, 3.63) is 24.3 Å². The summed E-state index contributed by atoms with van der Waals surface area (Å²) in [6, 6.07) is 0. The number of hydrogen-bond donors (Lipinski definition) is 2. The Hall–Kier alpha value is -1.21. The summed E-state index contributed by atoms with van der Waals surface area (Å²) in [5.41, 5.74) is 2.14. The molecule has 2 N–H and O–H groups in total. The number of carbonyl (C=O) groups excluding carboxylic acids is 1. The van der Waals surface area contributed by atoms with Crippen molar-refractivity contribution in [2.45, 2.75) is 116 Å². The maximum atomic E-state index is 11.5. The third kappa shape index (κ3) is 4.13. The highest BCUT2D eigenvalue weighted by Gasteiger charge is 2.58. The van der Waals surface area contributed by atoms with Gasteiger partial charge in [0.1, 0.15) is 12.2 Å². The van der Waals surface area contributed by atoms with Crippen molar-refractivity contribution in [1.29, 1.82) is 0 Å². The number of rotatable bonds is 4. The first-order chi connectivity index (χ1) is 16.6. The van der Waals surface area contributed by atoms with Crippen molar-refractivity contribution < 1.29 is 29.2 Å². The molecule has 0 aromatic heterocycles. The van der Waals surface area contributed by atoms with Gasteiger partial charge in [0.2, 0.25) is 0 Å². The van der Waals surface area contributed by atoms with Crippen molar-refractivity contribution in [2.75, 3.05) is 0 Å². The van der Waals surface area contributed by atoms with Crippen molar-refractivity contribution in [3.63, 3.8) is 0 Å². The molecule has 0 bridgehead atoms. The van der Waals surface area contributed by atoms with E-state index in [1.54, 1.807) is 6.92 Å². The highest BCUT2D eigenvalue weighted by atomic mass is 16.7. The number of aliphatic hydroxyl groups excluding tert-OH is 2. The Balaban J connectivity index is 1.28. The van der Waals surface area contributed by atoms with Gasteiger partial charge in [0.25, 0.3) is 0 Å². The molecule has 0 aromatic carbocycles. The molecule has 5 aliphatic rings. The summed E-state index contributed by atoms with van der Waals surface area (Å²) in [7, 11) is 0. The fraction of sp³-hybridized carbons (Fsp3) is 0.828. The van der Waals surface area contributed by atoms with Crippen LogP contribution >= 0.6 is 0 Å². The summed E-state index contributed by atoms with van der Waals surface area (Å²) in [5, 5.41) is 21.1. The van der Waals surface area contributed by atoms with Crippen molar-refractivity contribution >= 4 is 5.97 Å². The Morgan fingerprint density at radius 3 is 2.63 bits per heavy atom. The van der Waals surface area contributed by atoms with E-state index in [4.69, 9.17) is 14.2 Å². The molecule has 4 aliphatic carbocycles. The van der Waals surface area contributed by atoms with Crippen molar-refractivity contribution in [2.24, 2.45) is 34.5 Å². The van der Waals surface area contributed by atoms with Gasteiger partial charge < -0.3 is 24.4 Å². The van der Waals surface area contributed by atoms with Gasteiger partial charge in [-0.2, -0.15) is 0 Å². The van der Waals surface area contributed by atoms with Gasteiger partial charge in [-0.05, 0) is 92.8 Å². The predicted octanol–water partition coefficient (Wildman–Crippen LogP) is 4.53. The predicted molar refractivity (Wildman–Crippen MR) is 132 cm³/mol. The molecular weight excluding hydrogens is 444 g/mol. The van der Waals surface area contributed by atoms with Crippen LogP contribution in [0.2, 0.25) is 0 Å². The van der Waals surface area contributed by atoms with Crippen LogP contribution in [0.25, 0.3) is 0 Å². The second-order valence-electron chi connectivity index (χ2n) is 12.5. The van der Waals surface area contributed by atoms with E-state index in [-0.39, 0.29) is 11.5 Å². The molecule has 0 aromatic rings. The van der Waals surface area contributed by atoms with Crippen molar-refractivity contribution in [3.8, 4) is 0 Å². The zero-order valence-corrected chi connectivity index (χ0v) is 21.8. The maximum Gasteiger partial charge on any atom is 0.303 e. The molecule has 1 heterocycles. The lowest BCUT2D eigenvalue weighted by atomic mass is 9.47. The SMILES string of the molecule is C=C[C@H]1CC[C@H]2[C@@H]3CC=C4C[C@@H](O[C@@H]5O[C@@H](C)[C@@H](O)[C@@H](OC(C)=O)[C@@H]5O)CC[C@]4(C)[C@H]3CC[C@@]12C. The minimum Gasteiger partial charge on any atom is -0.457 e. The molecule has 6 heteroatoms. The standard InChI is InChI=1S/C29H44O6/c1-6-18-8-10-22-21-9-7-19-15-20(11-13-29(19,5)23(21)12-14-28(18,22)4)35-27-25(32)26(34-17(3)30)24(31)16(2)33-27/h6-7,16,18,20-27,31-32H,1,8-15H2,2-5H3/t16-,18-,20-,21-,22-,23-,24+,25-,26+,27-,28-,29-/m0/s1. The molecule has 0 spiro atoms. The minimum atomic E-state index is -1.22. The summed E-state index contributed by atoms with van der Waals surface area (Å²) in [6.45, 7) is 12.1. The van der Waals surface area contributed by atoms with Gasteiger partial charge in [-0.25, -0.2) is 0 Å². The van der Waals surface area contributed by atoms with Crippen LogP contribution in [0.4, 0.5) is 0 Å². The van der Waals surface area contributed by atoms with Gasteiger partial charge in [0.15, 0.2) is 12.4 Å². The molecule has 1 aliphatic heterocycles. The highest BCUT2D eigenvalue weighted by molar-refractivity contribution is 5.66. The first-order valence-electron chi connectivity index (χ1n) is 13.7. The van der Waals surface area contributed by atoms with Crippen LogP contribution in [-0.2, 0) is 19.0 Å². The van der Waals surface area contributed by atoms with Gasteiger partial charge in [0, 0.05) is 6.92 Å². The van der Waals surface area contributed by atoms with E-state index in [2.05, 4.69) is 32.6 Å². The lowest BCUT2D eigenvalue weighted by Gasteiger charge is -2.58. The van der Waals surface area contributed by atoms with Crippen LogP contribution in [0.5, 0.6) is 0 Å². The monoisotopic (exact) mass is 488 g/mol. The first kappa shape index (κ1) is 25.4. The average molecular weight is 489 g/mol. The summed E-state index contributed by atoms with van der Waals surface area (Å²) in [4.78, 5) is 11.5. The molecule has 6 nitrogen and oxygen atoms in total. The third-order valence-corrected chi connectivity index (χ3v) is 10.8. The third-order valence-electron chi connectivity index (χ3n) is 10.8. The normalized spacial score (nSPS) is 51.4. The number of hydrogen-bond acceptors (Lipinski definition) is 6. The lowest BCUT2D eigenvalue weighted by Crippen LogP contribution is -2.59. The molecule has 4 fully saturated rings. The molecule has 35 heavy (non-hydrogen) atoms. The van der Waals surface area contributed by atoms with E-state index in [0.29, 0.717) is 11.3 Å². The smallest absolute Gasteiger partial charge is 0.303 e. The molecule has 3 saturated carbocycles. The molecular formula is C29H44O6. The van der Waals surface area contributed by atoms with Crippen LogP contribution < -0.4 is 0 Å². The zero-order chi connectivity index (χ0) is 25.1. The van der Waals surface area contributed by atoms with Crippen LogP contribution in [-0.4, -0.2) is 53.0 Å². The van der Waals surface area contributed by atoms with Crippen LogP contribution in [0, 0.1) is 34.5 Å². The Kier molecular flexibility index (Phi) is 6.74. The molecule has 1 saturated heterocycles. The Labute approximate surface area is 210 Å². The number of allylic oxidation sites excluding steroid dienone is 2. The van der Waals surface area contributed by atoms with E-state index < -0.39 is 36.7 Å². The number of fused-ring (bicyclic) bond motifs is 5. The average Bonchev–Trinajstić information content (AvgIpc) is 3.16.